The summed E-state index contributed by atoms with van der Waals surface area (Å²) >= 11 is 3.59. The maximum atomic E-state index is 5.76. The standard InChI is InChI=1S/C16H24BrNO/c1-4-11(2)7-12(3)18-10-14-9-15(17)8-13-5-6-19-16(13)14/h8-9,11-12,18H,4-7,10H2,1-3H3. The van der Waals surface area contributed by atoms with Gasteiger partial charge in [0.1, 0.15) is 5.75 Å². The summed E-state index contributed by atoms with van der Waals surface area (Å²) in [5, 5.41) is 3.62. The SMILES string of the molecule is CCC(C)CC(C)NCc1cc(Br)cc2c1OCC2. The molecule has 0 aliphatic carbocycles. The molecule has 0 saturated heterocycles. The molecular formula is C16H24BrNO. The van der Waals surface area contributed by atoms with E-state index in [1.165, 1.54) is 24.0 Å². The lowest BCUT2D eigenvalue weighted by molar-refractivity contribution is 0.350. The third-order valence-corrected chi connectivity index (χ3v) is 4.38. The van der Waals surface area contributed by atoms with E-state index < -0.39 is 0 Å². The van der Waals surface area contributed by atoms with Gasteiger partial charge in [0.25, 0.3) is 0 Å². The van der Waals surface area contributed by atoms with Gasteiger partial charge in [-0.1, -0.05) is 36.2 Å². The summed E-state index contributed by atoms with van der Waals surface area (Å²) in [6, 6.07) is 4.90. The van der Waals surface area contributed by atoms with Crippen LogP contribution in [0.2, 0.25) is 0 Å². The van der Waals surface area contributed by atoms with Gasteiger partial charge in [-0.2, -0.15) is 0 Å². The van der Waals surface area contributed by atoms with Crippen molar-refractivity contribution >= 4 is 15.9 Å². The fourth-order valence-corrected chi connectivity index (χ4v) is 3.17. The number of fused-ring (bicyclic) bond motifs is 1. The lowest BCUT2D eigenvalue weighted by Gasteiger charge is -2.18. The van der Waals surface area contributed by atoms with E-state index >= 15 is 0 Å². The number of rotatable bonds is 6. The number of hydrogen-bond donors (Lipinski definition) is 1. The van der Waals surface area contributed by atoms with Crippen LogP contribution in [0.4, 0.5) is 0 Å². The zero-order valence-corrected chi connectivity index (χ0v) is 13.7. The van der Waals surface area contributed by atoms with Crippen LogP contribution in [0.3, 0.4) is 0 Å². The second kappa shape index (κ2) is 6.76. The molecule has 2 rings (SSSR count). The molecule has 0 aromatic heterocycles. The van der Waals surface area contributed by atoms with Crippen molar-refractivity contribution in [2.75, 3.05) is 6.61 Å². The van der Waals surface area contributed by atoms with E-state index in [-0.39, 0.29) is 0 Å². The lowest BCUT2D eigenvalue weighted by Crippen LogP contribution is -2.27. The molecule has 1 aromatic carbocycles. The van der Waals surface area contributed by atoms with Crippen molar-refractivity contribution in [2.45, 2.75) is 52.6 Å². The van der Waals surface area contributed by atoms with E-state index in [0.717, 1.165) is 35.7 Å². The number of nitrogens with one attached hydrogen (secondary N) is 1. The quantitative estimate of drug-likeness (QED) is 0.842. The molecule has 1 aromatic rings. The normalized spacial score (nSPS) is 16.8. The first-order valence-electron chi connectivity index (χ1n) is 7.27. The predicted octanol–water partition coefficient (Wildman–Crippen LogP) is 4.30. The minimum atomic E-state index is 0.547. The molecule has 106 valence electrons. The maximum Gasteiger partial charge on any atom is 0.127 e. The Kier molecular flexibility index (Phi) is 5.28. The molecule has 1 N–H and O–H groups in total. The van der Waals surface area contributed by atoms with Crippen LogP contribution in [0.15, 0.2) is 16.6 Å². The highest BCUT2D eigenvalue weighted by Gasteiger charge is 2.17. The number of halogens is 1. The van der Waals surface area contributed by atoms with Crippen molar-refractivity contribution < 1.29 is 4.74 Å². The third-order valence-electron chi connectivity index (χ3n) is 3.92. The van der Waals surface area contributed by atoms with Gasteiger partial charge in [0.2, 0.25) is 0 Å². The monoisotopic (exact) mass is 325 g/mol. The Bertz CT molecular complexity index is 433. The molecule has 2 atom stereocenters. The Morgan fingerprint density at radius 1 is 1.37 bits per heavy atom. The summed E-state index contributed by atoms with van der Waals surface area (Å²) in [5.41, 5.74) is 2.61. The predicted molar refractivity (Wildman–Crippen MR) is 83.7 cm³/mol. The summed E-state index contributed by atoms with van der Waals surface area (Å²) in [6.45, 7) is 8.55. The number of ether oxygens (including phenoxy) is 1. The highest BCUT2D eigenvalue weighted by Crippen LogP contribution is 2.33. The van der Waals surface area contributed by atoms with Gasteiger partial charge in [-0.05, 0) is 37.0 Å². The Labute approximate surface area is 125 Å². The van der Waals surface area contributed by atoms with Crippen LogP contribution in [-0.2, 0) is 13.0 Å². The zero-order chi connectivity index (χ0) is 13.8. The van der Waals surface area contributed by atoms with Gasteiger partial charge in [-0.15, -0.1) is 0 Å². The minimum absolute atomic E-state index is 0.547. The lowest BCUT2D eigenvalue weighted by atomic mass is 10.00. The summed E-state index contributed by atoms with van der Waals surface area (Å²) in [5.74, 6) is 1.89. The van der Waals surface area contributed by atoms with Gasteiger partial charge in [-0.25, -0.2) is 0 Å². The third kappa shape index (κ3) is 3.96. The van der Waals surface area contributed by atoms with E-state index in [2.05, 4.69) is 54.2 Å². The Morgan fingerprint density at radius 2 is 2.16 bits per heavy atom. The van der Waals surface area contributed by atoms with Crippen LogP contribution < -0.4 is 10.1 Å². The first kappa shape index (κ1) is 14.9. The van der Waals surface area contributed by atoms with Crippen molar-refractivity contribution in [3.8, 4) is 5.75 Å². The summed E-state index contributed by atoms with van der Waals surface area (Å²) in [6.07, 6.45) is 3.51. The molecule has 1 heterocycles. The van der Waals surface area contributed by atoms with Crippen molar-refractivity contribution in [3.05, 3.63) is 27.7 Å². The summed E-state index contributed by atoms with van der Waals surface area (Å²) in [7, 11) is 0. The van der Waals surface area contributed by atoms with Crippen LogP contribution in [0.25, 0.3) is 0 Å². The molecule has 1 aliphatic heterocycles. The molecule has 3 heteroatoms. The van der Waals surface area contributed by atoms with Gasteiger partial charge in [0.05, 0.1) is 6.61 Å². The fraction of sp³-hybridized carbons (Fsp3) is 0.625. The molecular weight excluding hydrogens is 302 g/mol. The molecule has 2 nitrogen and oxygen atoms in total. The molecule has 0 radical (unpaired) electrons. The molecule has 19 heavy (non-hydrogen) atoms. The van der Waals surface area contributed by atoms with Crippen molar-refractivity contribution in [1.82, 2.24) is 5.32 Å². The van der Waals surface area contributed by atoms with Crippen LogP contribution in [0.1, 0.15) is 44.7 Å². The van der Waals surface area contributed by atoms with Crippen LogP contribution in [0.5, 0.6) is 5.75 Å². The average molecular weight is 326 g/mol. The molecule has 0 fully saturated rings. The summed E-state index contributed by atoms with van der Waals surface area (Å²) < 4.78 is 6.91. The molecule has 0 bridgehead atoms. The van der Waals surface area contributed by atoms with E-state index in [0.29, 0.717) is 6.04 Å². The van der Waals surface area contributed by atoms with E-state index in [1.54, 1.807) is 0 Å². The van der Waals surface area contributed by atoms with Gasteiger partial charge in [0.15, 0.2) is 0 Å². The topological polar surface area (TPSA) is 21.3 Å². The minimum Gasteiger partial charge on any atom is -0.493 e. The summed E-state index contributed by atoms with van der Waals surface area (Å²) in [4.78, 5) is 0. The van der Waals surface area contributed by atoms with Gasteiger partial charge in [-0.3, -0.25) is 0 Å². The van der Waals surface area contributed by atoms with Crippen LogP contribution in [-0.4, -0.2) is 12.6 Å². The smallest absolute Gasteiger partial charge is 0.127 e. The first-order chi connectivity index (χ1) is 9.10. The number of benzene rings is 1. The van der Waals surface area contributed by atoms with Gasteiger partial charge in [0, 0.05) is 29.0 Å². The van der Waals surface area contributed by atoms with Crippen LogP contribution >= 0.6 is 15.9 Å². The highest BCUT2D eigenvalue weighted by molar-refractivity contribution is 9.10. The first-order valence-corrected chi connectivity index (χ1v) is 8.07. The second-order valence-electron chi connectivity index (χ2n) is 5.68. The van der Waals surface area contributed by atoms with Gasteiger partial charge >= 0.3 is 0 Å². The number of hydrogen-bond acceptors (Lipinski definition) is 2. The van der Waals surface area contributed by atoms with Crippen LogP contribution in [0, 0.1) is 5.92 Å². The Morgan fingerprint density at radius 3 is 2.89 bits per heavy atom. The molecule has 0 saturated carbocycles. The maximum absolute atomic E-state index is 5.76. The Balaban J connectivity index is 1.96. The Hall–Kier alpha value is -0.540. The largest absolute Gasteiger partial charge is 0.493 e. The van der Waals surface area contributed by atoms with E-state index in [1.807, 2.05) is 0 Å². The second-order valence-corrected chi connectivity index (χ2v) is 6.60. The molecule has 0 amide bonds. The molecule has 0 spiro atoms. The highest BCUT2D eigenvalue weighted by atomic mass is 79.9. The van der Waals surface area contributed by atoms with Gasteiger partial charge < -0.3 is 10.1 Å². The molecule has 1 aliphatic rings. The fourth-order valence-electron chi connectivity index (χ4n) is 2.62. The van der Waals surface area contributed by atoms with E-state index in [9.17, 15) is 0 Å². The molecule has 2 unspecified atom stereocenters. The average Bonchev–Trinajstić information content (AvgIpc) is 2.83. The van der Waals surface area contributed by atoms with E-state index in [4.69, 9.17) is 4.74 Å². The van der Waals surface area contributed by atoms with Crippen molar-refractivity contribution in [3.63, 3.8) is 0 Å². The van der Waals surface area contributed by atoms with Crippen molar-refractivity contribution in [1.29, 1.82) is 0 Å². The zero-order valence-electron chi connectivity index (χ0n) is 12.1. The van der Waals surface area contributed by atoms with Crippen molar-refractivity contribution in [2.24, 2.45) is 5.92 Å².